The van der Waals surface area contributed by atoms with Crippen molar-refractivity contribution in [1.29, 1.82) is 0 Å². The molecular weight excluding hydrogens is 336 g/mol. The maximum absolute atomic E-state index is 12.6. The number of benzene rings is 3. The molecule has 3 rings (SSSR count). The van der Waals surface area contributed by atoms with E-state index in [9.17, 15) is 5.21 Å². The minimum absolute atomic E-state index is 0.194. The number of hydrogen-bond donors (Lipinski definition) is 0. The first kappa shape index (κ1) is 18.5. The summed E-state index contributed by atoms with van der Waals surface area (Å²) >= 11 is 0. The molecule has 0 fully saturated rings. The van der Waals surface area contributed by atoms with Crippen LogP contribution in [-0.4, -0.2) is 4.86 Å². The number of nitrogens with zero attached hydrogens (tertiary/aromatic N) is 4. The van der Waals surface area contributed by atoms with Crippen LogP contribution in [0.3, 0.4) is 0 Å². The van der Waals surface area contributed by atoms with Crippen molar-refractivity contribution in [1.82, 2.24) is 0 Å². The molecule has 0 aliphatic heterocycles. The quantitative estimate of drug-likeness (QED) is 0.265. The van der Waals surface area contributed by atoms with Crippen LogP contribution in [0.5, 0.6) is 0 Å². The summed E-state index contributed by atoms with van der Waals surface area (Å²) in [6.07, 6.45) is 0. The normalized spacial score (nSPS) is 12.1. The largest absolute Gasteiger partial charge is 0.594 e. The zero-order chi connectivity index (χ0) is 19.2. The third-order valence-corrected chi connectivity index (χ3v) is 4.17. The Balaban J connectivity index is 1.99. The molecule has 0 heterocycles. The van der Waals surface area contributed by atoms with Crippen LogP contribution in [0.4, 0.5) is 22.7 Å². The van der Waals surface area contributed by atoms with Crippen LogP contribution in [0, 0.1) is 12.1 Å². The van der Waals surface area contributed by atoms with E-state index in [1.807, 2.05) is 67.6 Å². The van der Waals surface area contributed by atoms with Gasteiger partial charge in [0.1, 0.15) is 5.69 Å². The van der Waals surface area contributed by atoms with E-state index in [1.54, 1.807) is 12.1 Å². The number of azo groups is 2. The minimum atomic E-state index is 0.194. The van der Waals surface area contributed by atoms with Crippen molar-refractivity contribution in [2.75, 3.05) is 0 Å². The lowest BCUT2D eigenvalue weighted by Crippen LogP contribution is -1.97. The molecule has 5 heteroatoms. The maximum atomic E-state index is 12.6. The van der Waals surface area contributed by atoms with Crippen LogP contribution >= 0.6 is 0 Å². The lowest BCUT2D eigenvalue weighted by Gasteiger charge is -2.12. The number of rotatable bonds is 5. The van der Waals surface area contributed by atoms with E-state index < -0.39 is 0 Å². The SMILES string of the molecule is Cc1cc(N=Nc2ccccc2)c(C(C)C)cc1[N+]([O-])=Nc1ccccc1. The lowest BCUT2D eigenvalue weighted by molar-refractivity contribution is -0.435. The van der Waals surface area contributed by atoms with Gasteiger partial charge in [0.15, 0.2) is 0 Å². The summed E-state index contributed by atoms with van der Waals surface area (Å²) in [5.74, 6) is 0.194. The van der Waals surface area contributed by atoms with Gasteiger partial charge in [0.25, 0.3) is 0 Å². The smallest absolute Gasteiger partial charge is 0.248 e. The molecule has 0 spiro atoms. The molecule has 0 unspecified atom stereocenters. The van der Waals surface area contributed by atoms with Crippen molar-refractivity contribution in [2.45, 2.75) is 26.7 Å². The molecule has 136 valence electrons. The van der Waals surface area contributed by atoms with E-state index in [1.165, 1.54) is 0 Å². The Morgan fingerprint density at radius 2 is 1.41 bits per heavy atom. The Morgan fingerprint density at radius 3 is 2.00 bits per heavy atom. The number of hydrogen-bond acceptors (Lipinski definition) is 4. The average molecular weight is 358 g/mol. The molecule has 0 radical (unpaired) electrons. The van der Waals surface area contributed by atoms with Gasteiger partial charge in [-0.1, -0.05) is 50.2 Å². The Hall–Kier alpha value is -3.34. The molecule has 3 aromatic rings. The predicted octanol–water partition coefficient (Wildman–Crippen LogP) is 7.46. The third kappa shape index (κ3) is 4.64. The van der Waals surface area contributed by atoms with Crippen molar-refractivity contribution < 1.29 is 4.86 Å². The van der Waals surface area contributed by atoms with E-state index in [2.05, 4.69) is 29.2 Å². The molecule has 0 atom stereocenters. The van der Waals surface area contributed by atoms with Gasteiger partial charge >= 0.3 is 0 Å². The Kier molecular flexibility index (Phi) is 5.71. The fourth-order valence-electron chi connectivity index (χ4n) is 2.71. The lowest BCUT2D eigenvalue weighted by atomic mass is 9.98. The summed E-state index contributed by atoms with van der Waals surface area (Å²) in [6.45, 7) is 6.02. The monoisotopic (exact) mass is 358 g/mol. The van der Waals surface area contributed by atoms with Crippen molar-refractivity contribution in [3.8, 4) is 0 Å². The summed E-state index contributed by atoms with van der Waals surface area (Å²) in [4.78, 5) is 0.675. The first-order valence-electron chi connectivity index (χ1n) is 8.90. The van der Waals surface area contributed by atoms with Crippen LogP contribution in [0.2, 0.25) is 0 Å². The first-order valence-corrected chi connectivity index (χ1v) is 8.90. The van der Waals surface area contributed by atoms with E-state index in [4.69, 9.17) is 0 Å². The van der Waals surface area contributed by atoms with Crippen LogP contribution < -0.4 is 0 Å². The highest BCUT2D eigenvalue weighted by Crippen LogP contribution is 2.35. The highest BCUT2D eigenvalue weighted by Gasteiger charge is 2.16. The molecular formula is C22H22N4O. The predicted molar refractivity (Wildman–Crippen MR) is 108 cm³/mol. The summed E-state index contributed by atoms with van der Waals surface area (Å²) in [5, 5.41) is 25.5. The van der Waals surface area contributed by atoms with Gasteiger partial charge in [0, 0.05) is 16.7 Å². The summed E-state index contributed by atoms with van der Waals surface area (Å²) < 4.78 is 0. The zero-order valence-corrected chi connectivity index (χ0v) is 15.7. The molecule has 0 bridgehead atoms. The highest BCUT2D eigenvalue weighted by molar-refractivity contribution is 5.58. The summed E-state index contributed by atoms with van der Waals surface area (Å²) in [6, 6.07) is 22.5. The number of aryl methyl sites for hydroxylation is 1. The van der Waals surface area contributed by atoms with Crippen molar-refractivity contribution in [3.05, 3.63) is 89.1 Å². The standard InChI is InChI=1S/C22H22N4O/c1-16(2)20-15-22(26(27)25-19-12-8-5-9-13-19)17(3)14-21(20)24-23-18-10-6-4-7-11-18/h4-16H,1-3H3. The van der Waals surface area contributed by atoms with Gasteiger partial charge < -0.3 is 5.21 Å². The Labute approximate surface area is 159 Å². The van der Waals surface area contributed by atoms with Crippen molar-refractivity contribution in [2.24, 2.45) is 15.3 Å². The molecule has 27 heavy (non-hydrogen) atoms. The summed E-state index contributed by atoms with van der Waals surface area (Å²) in [5.41, 5.74) is 4.45. The second-order valence-corrected chi connectivity index (χ2v) is 6.60. The molecule has 0 saturated carbocycles. The fourth-order valence-corrected chi connectivity index (χ4v) is 2.71. The molecule has 3 aromatic carbocycles. The molecule has 0 saturated heterocycles. The van der Waals surface area contributed by atoms with Gasteiger partial charge in [-0.05, 0) is 53.6 Å². The summed E-state index contributed by atoms with van der Waals surface area (Å²) in [7, 11) is 0. The van der Waals surface area contributed by atoms with E-state index in [0.717, 1.165) is 22.5 Å². The maximum Gasteiger partial charge on any atom is 0.248 e. The minimum Gasteiger partial charge on any atom is -0.594 e. The van der Waals surface area contributed by atoms with Gasteiger partial charge in [-0.2, -0.15) is 10.2 Å². The zero-order valence-electron chi connectivity index (χ0n) is 15.7. The average Bonchev–Trinajstić information content (AvgIpc) is 2.67. The van der Waals surface area contributed by atoms with Crippen LogP contribution in [0.1, 0.15) is 30.9 Å². The van der Waals surface area contributed by atoms with Gasteiger partial charge in [0.2, 0.25) is 5.69 Å². The second-order valence-electron chi connectivity index (χ2n) is 6.60. The van der Waals surface area contributed by atoms with Gasteiger partial charge in [-0.25, -0.2) is 0 Å². The van der Waals surface area contributed by atoms with Crippen LogP contribution in [0.15, 0.2) is 88.1 Å². The molecule has 5 nitrogen and oxygen atoms in total. The van der Waals surface area contributed by atoms with Gasteiger partial charge in [-0.15, -0.1) is 0 Å². The van der Waals surface area contributed by atoms with E-state index in [0.29, 0.717) is 16.2 Å². The Bertz CT molecular complexity index is 964. The Morgan fingerprint density at radius 1 is 0.815 bits per heavy atom. The first-order chi connectivity index (χ1) is 13.0. The van der Waals surface area contributed by atoms with E-state index in [-0.39, 0.29) is 5.92 Å². The van der Waals surface area contributed by atoms with Gasteiger partial charge in [-0.3, -0.25) is 0 Å². The topological polar surface area (TPSA) is 63.1 Å². The van der Waals surface area contributed by atoms with Crippen LogP contribution in [0.25, 0.3) is 0 Å². The molecule has 0 N–H and O–H groups in total. The van der Waals surface area contributed by atoms with Crippen LogP contribution in [-0.2, 0) is 0 Å². The second kappa shape index (κ2) is 8.36. The molecule has 0 aliphatic rings. The van der Waals surface area contributed by atoms with Gasteiger partial charge in [0.05, 0.1) is 11.4 Å². The highest BCUT2D eigenvalue weighted by atomic mass is 16.5. The fraction of sp³-hybridized carbons (Fsp3) is 0.182. The van der Waals surface area contributed by atoms with E-state index >= 15 is 0 Å². The van der Waals surface area contributed by atoms with Crippen molar-refractivity contribution in [3.63, 3.8) is 0 Å². The molecule has 0 aromatic heterocycles. The molecule has 0 amide bonds. The third-order valence-electron chi connectivity index (χ3n) is 4.17. The van der Waals surface area contributed by atoms with Crippen molar-refractivity contribution >= 4 is 22.7 Å². The molecule has 0 aliphatic carbocycles.